The van der Waals surface area contributed by atoms with Gasteiger partial charge in [0.2, 0.25) is 11.8 Å². The van der Waals surface area contributed by atoms with Crippen molar-refractivity contribution in [2.24, 2.45) is 0 Å². The van der Waals surface area contributed by atoms with Gasteiger partial charge in [-0.2, -0.15) is 0 Å². The van der Waals surface area contributed by atoms with Crippen LogP contribution in [0.25, 0.3) is 0 Å². The molecule has 38 heavy (non-hydrogen) atoms. The molecule has 0 bridgehead atoms. The minimum absolute atomic E-state index is 0.0951. The topological polar surface area (TPSA) is 151 Å². The van der Waals surface area contributed by atoms with Gasteiger partial charge < -0.3 is 30.3 Å². The maximum Gasteiger partial charge on any atom is 0.329 e. The van der Waals surface area contributed by atoms with Crippen molar-refractivity contribution in [3.8, 4) is 0 Å². The highest BCUT2D eigenvalue weighted by Crippen LogP contribution is 2.08. The Kier molecular flexibility index (Phi) is 14.2. The summed E-state index contributed by atoms with van der Waals surface area (Å²) in [6.07, 6.45) is 1.46. The lowest BCUT2D eigenvalue weighted by Crippen LogP contribution is -2.44. The van der Waals surface area contributed by atoms with Crippen molar-refractivity contribution in [2.75, 3.05) is 26.4 Å². The zero-order valence-corrected chi connectivity index (χ0v) is 21.3. The summed E-state index contributed by atoms with van der Waals surface area (Å²) in [5.74, 6) is -1.98. The molecule has 0 aromatic heterocycles. The number of unbranched alkanes of at least 4 members (excludes halogenated alkanes) is 1. The van der Waals surface area contributed by atoms with E-state index in [9.17, 15) is 19.2 Å². The van der Waals surface area contributed by atoms with Crippen LogP contribution >= 0.6 is 0 Å². The number of ether oxygens (including phenoxy) is 2. The Hall–Kier alpha value is -3.76. The summed E-state index contributed by atoms with van der Waals surface area (Å²) >= 11 is 0. The van der Waals surface area contributed by atoms with Gasteiger partial charge in [0, 0.05) is 25.7 Å². The van der Waals surface area contributed by atoms with E-state index >= 15 is 0 Å². The molecule has 0 saturated carbocycles. The first-order valence-electron chi connectivity index (χ1n) is 12.6. The van der Waals surface area contributed by atoms with E-state index < -0.39 is 24.0 Å². The smallest absolute Gasteiger partial charge is 0.329 e. The van der Waals surface area contributed by atoms with Crippen LogP contribution < -0.4 is 10.6 Å². The molecule has 0 unspecified atom stereocenters. The molecule has 0 heterocycles. The van der Waals surface area contributed by atoms with Gasteiger partial charge in [0.1, 0.15) is 25.3 Å². The zero-order valence-electron chi connectivity index (χ0n) is 21.3. The Morgan fingerprint density at radius 1 is 0.632 bits per heavy atom. The molecule has 2 aromatic carbocycles. The van der Waals surface area contributed by atoms with Gasteiger partial charge in [-0.15, -0.1) is 0 Å². The van der Waals surface area contributed by atoms with Crippen LogP contribution in [0.5, 0.6) is 0 Å². The second-order valence-electron chi connectivity index (χ2n) is 8.61. The first-order chi connectivity index (χ1) is 18.4. The van der Waals surface area contributed by atoms with Gasteiger partial charge >= 0.3 is 11.9 Å². The molecule has 206 valence electrons. The molecule has 0 fully saturated rings. The lowest BCUT2D eigenvalue weighted by atomic mass is 10.0. The maximum atomic E-state index is 12.5. The van der Waals surface area contributed by atoms with Crippen LogP contribution in [0.15, 0.2) is 60.7 Å². The number of nitrogens with one attached hydrogen (secondary N) is 2. The molecule has 10 heteroatoms. The largest absolute Gasteiger partial charge is 0.462 e. The van der Waals surface area contributed by atoms with Gasteiger partial charge in [0.15, 0.2) is 0 Å². The molecule has 0 aliphatic carbocycles. The van der Waals surface area contributed by atoms with Crippen LogP contribution in [-0.2, 0) is 41.5 Å². The number of aliphatic hydroxyl groups excluding tert-OH is 2. The summed E-state index contributed by atoms with van der Waals surface area (Å²) in [4.78, 5) is 49.7. The molecule has 10 nitrogen and oxygen atoms in total. The predicted molar refractivity (Wildman–Crippen MR) is 139 cm³/mol. The van der Waals surface area contributed by atoms with Crippen LogP contribution in [0.3, 0.4) is 0 Å². The van der Waals surface area contributed by atoms with Crippen LogP contribution in [-0.4, -0.2) is 72.5 Å². The van der Waals surface area contributed by atoms with E-state index in [1.807, 2.05) is 60.7 Å². The third kappa shape index (κ3) is 12.0. The summed E-state index contributed by atoms with van der Waals surface area (Å²) < 4.78 is 10.00. The molecule has 4 N–H and O–H groups in total. The summed E-state index contributed by atoms with van der Waals surface area (Å²) in [5.41, 5.74) is 1.69. The summed E-state index contributed by atoms with van der Waals surface area (Å²) in [5, 5.41) is 23.2. The Morgan fingerprint density at radius 2 is 1.00 bits per heavy atom. The molecule has 0 aliphatic heterocycles. The number of carbonyl (C=O) groups is 4. The number of amides is 2. The number of benzene rings is 2. The fraction of sp³-hybridized carbons (Fsp3) is 0.429. The number of esters is 2. The summed E-state index contributed by atoms with van der Waals surface area (Å²) in [6, 6.07) is 16.5. The number of hydrogen-bond acceptors (Lipinski definition) is 8. The summed E-state index contributed by atoms with van der Waals surface area (Å²) in [7, 11) is 0. The van der Waals surface area contributed by atoms with E-state index in [1.54, 1.807) is 0 Å². The minimum atomic E-state index is -0.900. The molecule has 2 aromatic rings. The van der Waals surface area contributed by atoms with Crippen molar-refractivity contribution in [3.63, 3.8) is 0 Å². The van der Waals surface area contributed by atoms with E-state index in [0.29, 0.717) is 12.8 Å². The number of rotatable bonds is 17. The Bertz CT molecular complexity index is 919. The van der Waals surface area contributed by atoms with Gasteiger partial charge in [-0.3, -0.25) is 9.59 Å². The van der Waals surface area contributed by atoms with Crippen molar-refractivity contribution < 1.29 is 38.9 Å². The van der Waals surface area contributed by atoms with Crippen molar-refractivity contribution in [1.82, 2.24) is 10.6 Å². The third-order valence-corrected chi connectivity index (χ3v) is 5.53. The fourth-order valence-electron chi connectivity index (χ4n) is 3.68. The van der Waals surface area contributed by atoms with Crippen LogP contribution in [0.4, 0.5) is 0 Å². The monoisotopic (exact) mass is 528 g/mol. The second-order valence-corrected chi connectivity index (χ2v) is 8.61. The first-order valence-corrected chi connectivity index (χ1v) is 12.6. The molecule has 0 spiro atoms. The van der Waals surface area contributed by atoms with Gasteiger partial charge in [-0.1, -0.05) is 60.7 Å². The highest BCUT2D eigenvalue weighted by atomic mass is 16.5. The van der Waals surface area contributed by atoms with E-state index in [0.717, 1.165) is 11.1 Å². The molecule has 2 amide bonds. The Labute approximate surface area is 222 Å². The molecular weight excluding hydrogens is 492 g/mol. The lowest BCUT2D eigenvalue weighted by molar-refractivity contribution is -0.149. The van der Waals surface area contributed by atoms with Crippen molar-refractivity contribution in [1.29, 1.82) is 0 Å². The Morgan fingerprint density at radius 3 is 1.34 bits per heavy atom. The summed E-state index contributed by atoms with van der Waals surface area (Å²) in [6.45, 7) is -0.946. The van der Waals surface area contributed by atoms with Crippen molar-refractivity contribution in [3.05, 3.63) is 71.8 Å². The first kappa shape index (κ1) is 30.5. The highest BCUT2D eigenvalue weighted by molar-refractivity contribution is 5.85. The molecular formula is C28H36N2O8. The molecule has 0 aliphatic rings. The molecule has 2 atom stereocenters. The van der Waals surface area contributed by atoms with Gasteiger partial charge in [0.25, 0.3) is 0 Å². The molecule has 0 saturated heterocycles. The average Bonchev–Trinajstić information content (AvgIpc) is 2.93. The van der Waals surface area contributed by atoms with Crippen molar-refractivity contribution in [2.45, 2.75) is 50.6 Å². The van der Waals surface area contributed by atoms with Gasteiger partial charge in [0.05, 0.1) is 13.2 Å². The number of hydrogen-bond donors (Lipinski definition) is 4. The van der Waals surface area contributed by atoms with Crippen molar-refractivity contribution >= 4 is 23.8 Å². The second kappa shape index (κ2) is 17.7. The van der Waals surface area contributed by atoms with Crippen LogP contribution in [0.2, 0.25) is 0 Å². The van der Waals surface area contributed by atoms with Crippen LogP contribution in [0.1, 0.15) is 36.8 Å². The normalized spacial score (nSPS) is 12.2. The third-order valence-electron chi connectivity index (χ3n) is 5.53. The number of carbonyl (C=O) groups excluding carboxylic acids is 4. The highest BCUT2D eigenvalue weighted by Gasteiger charge is 2.24. The van der Waals surface area contributed by atoms with E-state index in [-0.39, 0.29) is 63.9 Å². The molecule has 0 radical (unpaired) electrons. The predicted octanol–water partition coefficient (Wildman–Crippen LogP) is 1.07. The molecule has 2 rings (SSSR count). The standard InChI is InChI=1S/C28H36N2O8/c31-15-17-37-27(35)23(19-21-9-3-1-4-10-21)29-25(33)13-7-8-14-26(34)30-24(28(36)38-18-16-32)20-22-11-5-2-6-12-22/h1-6,9-12,23-24,31-32H,7-8,13-20H2,(H,29,33)(H,30,34)/t23-,24-/m0/s1. The number of aliphatic hydroxyl groups is 2. The van der Waals surface area contributed by atoms with E-state index in [2.05, 4.69) is 10.6 Å². The minimum Gasteiger partial charge on any atom is -0.462 e. The van der Waals surface area contributed by atoms with Gasteiger partial charge in [-0.05, 0) is 24.0 Å². The lowest BCUT2D eigenvalue weighted by Gasteiger charge is -2.18. The average molecular weight is 529 g/mol. The maximum absolute atomic E-state index is 12.5. The Balaban J connectivity index is 1.82. The quantitative estimate of drug-likeness (QED) is 0.176. The van der Waals surface area contributed by atoms with Gasteiger partial charge in [-0.25, -0.2) is 9.59 Å². The SMILES string of the molecule is O=C(CCCCC(=O)N[C@@H](Cc1ccccc1)C(=O)OCCO)N[C@@H](Cc1ccccc1)C(=O)OCCO. The van der Waals surface area contributed by atoms with Crippen LogP contribution in [0, 0.1) is 0 Å². The zero-order chi connectivity index (χ0) is 27.6. The van der Waals surface area contributed by atoms with E-state index in [4.69, 9.17) is 19.7 Å². The fourth-order valence-corrected chi connectivity index (χ4v) is 3.68. The van der Waals surface area contributed by atoms with E-state index in [1.165, 1.54) is 0 Å².